The summed E-state index contributed by atoms with van der Waals surface area (Å²) in [5, 5.41) is 0.645. The molecule has 0 unspecified atom stereocenters. The molecule has 1 rings (SSSR count). The zero-order valence-electron chi connectivity index (χ0n) is 9.87. The van der Waals surface area contributed by atoms with Crippen molar-refractivity contribution >= 4 is 17.3 Å². The van der Waals surface area contributed by atoms with Crippen LogP contribution < -0.4 is 10.5 Å². The number of hydrogen-bond acceptors (Lipinski definition) is 3. The van der Waals surface area contributed by atoms with Crippen LogP contribution in [-0.2, 0) is 0 Å². The summed E-state index contributed by atoms with van der Waals surface area (Å²) in [5.74, 6) is 0.666. The Balaban J connectivity index is 2.45. The van der Waals surface area contributed by atoms with Gasteiger partial charge in [-0.05, 0) is 25.2 Å². The van der Waals surface area contributed by atoms with Gasteiger partial charge in [-0.1, -0.05) is 25.4 Å². The maximum atomic E-state index is 5.87. The summed E-state index contributed by atoms with van der Waals surface area (Å²) in [7, 11) is 0. The van der Waals surface area contributed by atoms with E-state index < -0.39 is 0 Å². The van der Waals surface area contributed by atoms with Crippen LogP contribution in [-0.4, -0.2) is 31.1 Å². The van der Waals surface area contributed by atoms with E-state index in [1.54, 1.807) is 18.2 Å². The highest BCUT2D eigenvalue weighted by Gasteiger charge is 2.03. The molecule has 0 aromatic heterocycles. The van der Waals surface area contributed by atoms with Crippen LogP contribution in [0.25, 0.3) is 0 Å². The third-order valence-electron chi connectivity index (χ3n) is 2.54. The lowest BCUT2D eigenvalue weighted by molar-refractivity contribution is 0.223. The van der Waals surface area contributed by atoms with Gasteiger partial charge in [-0.25, -0.2) is 0 Å². The molecular weight excluding hydrogens is 224 g/mol. The predicted octanol–water partition coefficient (Wildman–Crippen LogP) is 2.64. The van der Waals surface area contributed by atoms with Gasteiger partial charge in [0.05, 0.1) is 5.69 Å². The smallest absolute Gasteiger partial charge is 0.143 e. The van der Waals surface area contributed by atoms with Gasteiger partial charge in [-0.2, -0.15) is 0 Å². The molecule has 0 fully saturated rings. The monoisotopic (exact) mass is 242 g/mol. The number of hydrogen-bond donors (Lipinski definition) is 1. The number of nitrogens with zero attached hydrogens (tertiary/aromatic N) is 1. The molecule has 0 aliphatic heterocycles. The molecule has 0 radical (unpaired) electrons. The quantitative estimate of drug-likeness (QED) is 0.780. The summed E-state index contributed by atoms with van der Waals surface area (Å²) in [4.78, 5) is 2.29. The minimum atomic E-state index is 0.629. The maximum absolute atomic E-state index is 5.87. The minimum absolute atomic E-state index is 0.629. The van der Waals surface area contributed by atoms with Gasteiger partial charge in [0.1, 0.15) is 12.4 Å². The second-order valence-electron chi connectivity index (χ2n) is 3.56. The van der Waals surface area contributed by atoms with Gasteiger partial charge in [0.15, 0.2) is 0 Å². The van der Waals surface area contributed by atoms with Gasteiger partial charge >= 0.3 is 0 Å². The van der Waals surface area contributed by atoms with Crippen molar-refractivity contribution in [2.75, 3.05) is 32.0 Å². The van der Waals surface area contributed by atoms with Gasteiger partial charge < -0.3 is 15.4 Å². The van der Waals surface area contributed by atoms with E-state index in [9.17, 15) is 0 Å². The number of nitrogen functional groups attached to an aromatic ring is 1. The molecule has 0 saturated carbocycles. The standard InChI is InChI=1S/C12H19ClN2O/c1-3-15(4-2)7-8-16-12-9-10(13)5-6-11(12)14/h5-6,9H,3-4,7-8,14H2,1-2H3. The summed E-state index contributed by atoms with van der Waals surface area (Å²) >= 11 is 5.87. The first-order chi connectivity index (χ1) is 7.67. The van der Waals surface area contributed by atoms with Gasteiger partial charge in [0, 0.05) is 17.6 Å². The second kappa shape index (κ2) is 6.61. The number of benzene rings is 1. The van der Waals surface area contributed by atoms with E-state index in [0.717, 1.165) is 19.6 Å². The van der Waals surface area contributed by atoms with Gasteiger partial charge in [-0.3, -0.25) is 0 Å². The first-order valence-corrected chi connectivity index (χ1v) is 5.95. The molecule has 0 saturated heterocycles. The Bertz CT molecular complexity index is 327. The van der Waals surface area contributed by atoms with Crippen LogP contribution in [0.15, 0.2) is 18.2 Å². The Kier molecular flexibility index (Phi) is 5.43. The van der Waals surface area contributed by atoms with E-state index in [1.165, 1.54) is 0 Å². The van der Waals surface area contributed by atoms with Gasteiger partial charge in [-0.15, -0.1) is 0 Å². The van der Waals surface area contributed by atoms with Crippen molar-refractivity contribution in [3.8, 4) is 5.75 Å². The first-order valence-electron chi connectivity index (χ1n) is 5.57. The van der Waals surface area contributed by atoms with Gasteiger partial charge in [0.25, 0.3) is 0 Å². The molecule has 4 heteroatoms. The van der Waals surface area contributed by atoms with Crippen LogP contribution in [0.2, 0.25) is 5.02 Å². The Morgan fingerprint density at radius 1 is 1.31 bits per heavy atom. The molecule has 0 aliphatic rings. The molecule has 0 atom stereocenters. The van der Waals surface area contributed by atoms with E-state index in [-0.39, 0.29) is 0 Å². The molecule has 0 spiro atoms. The Labute approximate surface area is 102 Å². The molecule has 0 heterocycles. The molecule has 90 valence electrons. The maximum Gasteiger partial charge on any atom is 0.143 e. The largest absolute Gasteiger partial charge is 0.490 e. The Hall–Kier alpha value is -0.930. The summed E-state index contributed by atoms with van der Waals surface area (Å²) in [6, 6.07) is 5.27. The van der Waals surface area contributed by atoms with Crippen LogP contribution in [0.5, 0.6) is 5.75 Å². The van der Waals surface area contributed by atoms with Crippen molar-refractivity contribution in [3.05, 3.63) is 23.2 Å². The average Bonchev–Trinajstić information content (AvgIpc) is 2.29. The number of nitrogens with two attached hydrogens (primary N) is 1. The molecule has 1 aromatic carbocycles. The highest BCUT2D eigenvalue weighted by Crippen LogP contribution is 2.25. The summed E-state index contributed by atoms with van der Waals surface area (Å²) in [6.07, 6.45) is 0. The highest BCUT2D eigenvalue weighted by molar-refractivity contribution is 6.30. The topological polar surface area (TPSA) is 38.5 Å². The predicted molar refractivity (Wildman–Crippen MR) is 69.1 cm³/mol. The summed E-state index contributed by atoms with van der Waals surface area (Å²) in [6.45, 7) is 7.87. The number of ether oxygens (including phenoxy) is 1. The van der Waals surface area contributed by atoms with Crippen LogP contribution in [0.1, 0.15) is 13.8 Å². The highest BCUT2D eigenvalue weighted by atomic mass is 35.5. The lowest BCUT2D eigenvalue weighted by Crippen LogP contribution is -2.28. The third kappa shape index (κ3) is 3.91. The lowest BCUT2D eigenvalue weighted by atomic mass is 10.3. The van der Waals surface area contributed by atoms with Crippen LogP contribution in [0.4, 0.5) is 5.69 Å². The van der Waals surface area contributed by atoms with Crippen LogP contribution in [0.3, 0.4) is 0 Å². The SMILES string of the molecule is CCN(CC)CCOc1cc(Cl)ccc1N. The van der Waals surface area contributed by atoms with Crippen molar-refractivity contribution in [2.24, 2.45) is 0 Å². The van der Waals surface area contributed by atoms with Gasteiger partial charge in [0.2, 0.25) is 0 Å². The molecule has 2 N–H and O–H groups in total. The summed E-state index contributed by atoms with van der Waals surface area (Å²) in [5.41, 5.74) is 6.40. The molecule has 16 heavy (non-hydrogen) atoms. The molecule has 0 aliphatic carbocycles. The molecular formula is C12H19ClN2O. The molecule has 0 amide bonds. The first kappa shape index (κ1) is 13.1. The van der Waals surface area contributed by atoms with E-state index in [1.807, 2.05) is 0 Å². The van der Waals surface area contributed by atoms with E-state index in [4.69, 9.17) is 22.1 Å². The van der Waals surface area contributed by atoms with Crippen molar-refractivity contribution in [3.63, 3.8) is 0 Å². The number of likely N-dealkylation sites (N-methyl/N-ethyl adjacent to an activating group) is 1. The second-order valence-corrected chi connectivity index (χ2v) is 3.99. The molecule has 3 nitrogen and oxygen atoms in total. The van der Waals surface area contributed by atoms with E-state index in [0.29, 0.717) is 23.1 Å². The Morgan fingerprint density at radius 2 is 2.00 bits per heavy atom. The van der Waals surface area contributed by atoms with E-state index >= 15 is 0 Å². The normalized spacial score (nSPS) is 10.8. The van der Waals surface area contributed by atoms with Crippen molar-refractivity contribution < 1.29 is 4.74 Å². The fraction of sp³-hybridized carbons (Fsp3) is 0.500. The zero-order valence-corrected chi connectivity index (χ0v) is 10.6. The Morgan fingerprint density at radius 3 is 2.62 bits per heavy atom. The van der Waals surface area contributed by atoms with Crippen LogP contribution >= 0.6 is 11.6 Å². The van der Waals surface area contributed by atoms with E-state index in [2.05, 4.69) is 18.7 Å². The number of halogens is 1. The molecule has 1 aromatic rings. The summed E-state index contributed by atoms with van der Waals surface area (Å²) < 4.78 is 5.60. The third-order valence-corrected chi connectivity index (χ3v) is 2.77. The van der Waals surface area contributed by atoms with Crippen molar-refractivity contribution in [2.45, 2.75) is 13.8 Å². The fourth-order valence-electron chi connectivity index (χ4n) is 1.46. The molecule has 0 bridgehead atoms. The number of anilines is 1. The average molecular weight is 243 g/mol. The number of rotatable bonds is 6. The van der Waals surface area contributed by atoms with Crippen LogP contribution in [0, 0.1) is 0 Å². The minimum Gasteiger partial charge on any atom is -0.490 e. The zero-order chi connectivity index (χ0) is 12.0. The lowest BCUT2D eigenvalue weighted by Gasteiger charge is -2.18. The van der Waals surface area contributed by atoms with Crippen molar-refractivity contribution in [1.29, 1.82) is 0 Å². The fourth-order valence-corrected chi connectivity index (χ4v) is 1.62. The van der Waals surface area contributed by atoms with Crippen molar-refractivity contribution in [1.82, 2.24) is 4.90 Å².